The SMILES string of the molecule is CCCCCCCCCCOC(=O)CCCCCCCCCCCCC(=O)O. The van der Waals surface area contributed by atoms with Crippen LogP contribution in [0.5, 0.6) is 0 Å². The number of carbonyl (C=O) groups is 2. The van der Waals surface area contributed by atoms with E-state index in [0.717, 1.165) is 38.5 Å². The number of rotatable bonds is 22. The Morgan fingerprint density at radius 3 is 1.43 bits per heavy atom. The van der Waals surface area contributed by atoms with Gasteiger partial charge in [-0.05, 0) is 19.3 Å². The predicted octanol–water partition coefficient (Wildman–Crippen LogP) is 7.44. The Labute approximate surface area is 173 Å². The second kappa shape index (κ2) is 22.2. The smallest absolute Gasteiger partial charge is 0.305 e. The van der Waals surface area contributed by atoms with E-state index < -0.39 is 5.97 Å². The first kappa shape index (κ1) is 26.9. The van der Waals surface area contributed by atoms with Gasteiger partial charge in [-0.1, -0.05) is 103 Å². The molecule has 28 heavy (non-hydrogen) atoms. The van der Waals surface area contributed by atoms with E-state index in [1.165, 1.54) is 77.0 Å². The molecule has 0 rings (SSSR count). The monoisotopic (exact) mass is 398 g/mol. The zero-order valence-electron chi connectivity index (χ0n) is 18.5. The summed E-state index contributed by atoms with van der Waals surface area (Å²) >= 11 is 0. The zero-order valence-corrected chi connectivity index (χ0v) is 18.5. The molecule has 1 N–H and O–H groups in total. The van der Waals surface area contributed by atoms with Crippen molar-refractivity contribution in [2.24, 2.45) is 0 Å². The van der Waals surface area contributed by atoms with E-state index >= 15 is 0 Å². The molecule has 0 radical (unpaired) electrons. The summed E-state index contributed by atoms with van der Waals surface area (Å²) in [6.07, 6.45) is 22.2. The molecule has 4 nitrogen and oxygen atoms in total. The van der Waals surface area contributed by atoms with Crippen LogP contribution in [0.1, 0.15) is 135 Å². The molecule has 0 saturated heterocycles. The van der Waals surface area contributed by atoms with Crippen LogP contribution >= 0.6 is 0 Å². The minimum Gasteiger partial charge on any atom is -0.481 e. The van der Waals surface area contributed by atoms with Gasteiger partial charge in [-0.3, -0.25) is 9.59 Å². The quantitative estimate of drug-likeness (QED) is 0.152. The normalized spacial score (nSPS) is 10.9. The van der Waals surface area contributed by atoms with Crippen molar-refractivity contribution in [3.05, 3.63) is 0 Å². The van der Waals surface area contributed by atoms with Crippen LogP contribution in [0.25, 0.3) is 0 Å². The molecule has 0 unspecified atom stereocenters. The summed E-state index contributed by atoms with van der Waals surface area (Å²) in [5.41, 5.74) is 0. The van der Waals surface area contributed by atoms with E-state index in [1.54, 1.807) is 0 Å². The van der Waals surface area contributed by atoms with Crippen LogP contribution in [-0.4, -0.2) is 23.7 Å². The van der Waals surface area contributed by atoms with E-state index in [4.69, 9.17) is 9.84 Å². The Hall–Kier alpha value is -1.06. The maximum Gasteiger partial charge on any atom is 0.305 e. The molecule has 0 bridgehead atoms. The Balaban J connectivity index is 3.16. The van der Waals surface area contributed by atoms with Gasteiger partial charge in [0.15, 0.2) is 0 Å². The first-order chi connectivity index (χ1) is 13.7. The molecular formula is C24H46O4. The average Bonchev–Trinajstić information content (AvgIpc) is 2.67. The lowest BCUT2D eigenvalue weighted by atomic mass is 10.1. The van der Waals surface area contributed by atoms with Gasteiger partial charge in [-0.2, -0.15) is 0 Å². The maximum atomic E-state index is 11.7. The molecule has 0 amide bonds. The van der Waals surface area contributed by atoms with E-state index in [-0.39, 0.29) is 5.97 Å². The summed E-state index contributed by atoms with van der Waals surface area (Å²) in [6.45, 7) is 2.84. The number of hydrogen-bond donors (Lipinski definition) is 1. The second-order valence-electron chi connectivity index (χ2n) is 8.12. The topological polar surface area (TPSA) is 63.6 Å². The minimum absolute atomic E-state index is 0.0238. The fourth-order valence-corrected chi connectivity index (χ4v) is 3.45. The van der Waals surface area contributed by atoms with Crippen molar-refractivity contribution in [1.82, 2.24) is 0 Å². The lowest BCUT2D eigenvalue weighted by molar-refractivity contribution is -0.144. The third-order valence-corrected chi connectivity index (χ3v) is 5.28. The molecule has 0 aromatic rings. The van der Waals surface area contributed by atoms with Crippen molar-refractivity contribution in [3.63, 3.8) is 0 Å². The number of aliphatic carboxylic acids is 1. The summed E-state index contributed by atoms with van der Waals surface area (Å²) in [7, 11) is 0. The minimum atomic E-state index is -0.683. The van der Waals surface area contributed by atoms with Gasteiger partial charge in [0.25, 0.3) is 0 Å². The fraction of sp³-hybridized carbons (Fsp3) is 0.917. The summed E-state index contributed by atoms with van der Waals surface area (Å²) in [4.78, 5) is 22.1. The standard InChI is InChI=1S/C24H46O4/c1-2-3-4-5-6-13-16-19-22-28-24(27)21-18-15-12-10-8-7-9-11-14-17-20-23(25)26/h2-22H2,1H3,(H,25,26). The summed E-state index contributed by atoms with van der Waals surface area (Å²) in [5, 5.41) is 8.57. The van der Waals surface area contributed by atoms with Crippen LogP contribution in [0.4, 0.5) is 0 Å². The van der Waals surface area contributed by atoms with Gasteiger partial charge >= 0.3 is 11.9 Å². The average molecular weight is 399 g/mol. The zero-order chi connectivity index (χ0) is 20.7. The molecule has 0 aromatic carbocycles. The summed E-state index contributed by atoms with van der Waals surface area (Å²) < 4.78 is 5.32. The first-order valence-electron chi connectivity index (χ1n) is 12.0. The molecule has 0 saturated carbocycles. The third-order valence-electron chi connectivity index (χ3n) is 5.28. The summed E-state index contributed by atoms with van der Waals surface area (Å²) in [5.74, 6) is -0.707. The molecule has 0 atom stereocenters. The maximum absolute atomic E-state index is 11.7. The Morgan fingerprint density at radius 1 is 0.571 bits per heavy atom. The van der Waals surface area contributed by atoms with Gasteiger partial charge in [-0.15, -0.1) is 0 Å². The van der Waals surface area contributed by atoms with Crippen molar-refractivity contribution in [3.8, 4) is 0 Å². The van der Waals surface area contributed by atoms with Crippen molar-refractivity contribution in [1.29, 1.82) is 0 Å². The lowest BCUT2D eigenvalue weighted by Crippen LogP contribution is -2.05. The van der Waals surface area contributed by atoms with Crippen LogP contribution in [0.3, 0.4) is 0 Å². The third kappa shape index (κ3) is 23.0. The van der Waals surface area contributed by atoms with Gasteiger partial charge in [0.1, 0.15) is 0 Å². The molecule has 0 aliphatic rings. The number of unbranched alkanes of at least 4 members (excludes halogenated alkanes) is 16. The number of ether oxygens (including phenoxy) is 1. The van der Waals surface area contributed by atoms with Crippen LogP contribution < -0.4 is 0 Å². The molecule has 0 aromatic heterocycles. The lowest BCUT2D eigenvalue weighted by Gasteiger charge is -2.05. The first-order valence-corrected chi connectivity index (χ1v) is 12.0. The van der Waals surface area contributed by atoms with Crippen molar-refractivity contribution >= 4 is 11.9 Å². The highest BCUT2D eigenvalue weighted by molar-refractivity contribution is 5.69. The Morgan fingerprint density at radius 2 is 0.964 bits per heavy atom. The van der Waals surface area contributed by atoms with Crippen LogP contribution in [0.15, 0.2) is 0 Å². The van der Waals surface area contributed by atoms with Crippen molar-refractivity contribution < 1.29 is 19.4 Å². The number of hydrogen-bond acceptors (Lipinski definition) is 3. The van der Waals surface area contributed by atoms with Gasteiger partial charge in [0.05, 0.1) is 6.61 Å². The van der Waals surface area contributed by atoms with Gasteiger partial charge in [0.2, 0.25) is 0 Å². The Kier molecular flexibility index (Phi) is 21.4. The molecular weight excluding hydrogens is 352 g/mol. The van der Waals surface area contributed by atoms with Gasteiger partial charge in [0, 0.05) is 12.8 Å². The van der Waals surface area contributed by atoms with E-state index in [9.17, 15) is 9.59 Å². The molecule has 166 valence electrons. The second-order valence-corrected chi connectivity index (χ2v) is 8.12. The highest BCUT2D eigenvalue weighted by atomic mass is 16.5. The van der Waals surface area contributed by atoms with Gasteiger partial charge in [-0.25, -0.2) is 0 Å². The highest BCUT2D eigenvalue weighted by Crippen LogP contribution is 2.12. The number of esters is 1. The van der Waals surface area contributed by atoms with Crippen LogP contribution in [0, 0.1) is 0 Å². The van der Waals surface area contributed by atoms with Crippen LogP contribution in [-0.2, 0) is 14.3 Å². The molecule has 0 heterocycles. The molecule has 0 aliphatic carbocycles. The Bertz CT molecular complexity index is 355. The molecule has 0 spiro atoms. The van der Waals surface area contributed by atoms with E-state index in [0.29, 0.717) is 19.4 Å². The number of carboxylic acids is 1. The van der Waals surface area contributed by atoms with Crippen molar-refractivity contribution in [2.75, 3.05) is 6.61 Å². The number of carbonyl (C=O) groups excluding carboxylic acids is 1. The fourth-order valence-electron chi connectivity index (χ4n) is 3.45. The van der Waals surface area contributed by atoms with E-state index in [1.807, 2.05) is 0 Å². The highest BCUT2D eigenvalue weighted by Gasteiger charge is 2.02. The molecule has 0 aliphatic heterocycles. The molecule has 0 fully saturated rings. The predicted molar refractivity (Wildman–Crippen MR) is 117 cm³/mol. The van der Waals surface area contributed by atoms with E-state index in [2.05, 4.69) is 6.92 Å². The number of carboxylic acid groups (broad SMARTS) is 1. The van der Waals surface area contributed by atoms with Crippen LogP contribution in [0.2, 0.25) is 0 Å². The summed E-state index contributed by atoms with van der Waals surface area (Å²) in [6, 6.07) is 0. The van der Waals surface area contributed by atoms with Gasteiger partial charge < -0.3 is 9.84 Å². The van der Waals surface area contributed by atoms with Crippen molar-refractivity contribution in [2.45, 2.75) is 135 Å². The molecule has 4 heteroatoms. The largest absolute Gasteiger partial charge is 0.481 e.